The summed E-state index contributed by atoms with van der Waals surface area (Å²) in [5.74, 6) is 0.819. The summed E-state index contributed by atoms with van der Waals surface area (Å²) in [6, 6.07) is 0. The summed E-state index contributed by atoms with van der Waals surface area (Å²) in [6.45, 7) is 3.51. The van der Waals surface area contributed by atoms with E-state index in [1.165, 1.54) is 0 Å². The average molecular weight is 157 g/mol. The number of hydrogen-bond donors (Lipinski definition) is 2. The Labute approximate surface area is 62.3 Å². The minimum atomic E-state index is -1.50. The normalized spacial score (nSPS) is 7.64. The highest BCUT2D eigenvalue weighted by Crippen LogP contribution is 1.85. The van der Waals surface area contributed by atoms with Gasteiger partial charge in [0.15, 0.2) is 0 Å². The van der Waals surface area contributed by atoms with Crippen LogP contribution in [0, 0.1) is 10.1 Å². The van der Waals surface area contributed by atoms with Gasteiger partial charge in [-0.3, -0.25) is 0 Å². The topological polar surface area (TPSA) is 92.0 Å². The summed E-state index contributed by atoms with van der Waals surface area (Å²) in [6.07, 6.45) is 5.12. The fourth-order valence-electron chi connectivity index (χ4n) is 0.389. The third-order valence-corrected chi connectivity index (χ3v) is 0.713. The molecule has 0 aliphatic heterocycles. The monoisotopic (exact) mass is 157 g/mol. The number of H-pyrrole nitrogens is 1. The molecule has 1 heterocycles. The van der Waals surface area contributed by atoms with E-state index in [0.29, 0.717) is 0 Å². The predicted molar refractivity (Wildman–Crippen MR) is 37.5 cm³/mol. The Hall–Kier alpha value is -1.85. The van der Waals surface area contributed by atoms with Crippen molar-refractivity contribution in [2.45, 2.75) is 0 Å². The first kappa shape index (κ1) is 9.15. The molecular weight excluding hydrogens is 150 g/mol. The number of rotatable bonds is 1. The van der Waals surface area contributed by atoms with Gasteiger partial charge in [-0.2, -0.15) is 0 Å². The van der Waals surface area contributed by atoms with Gasteiger partial charge in [0.1, 0.15) is 5.82 Å². The van der Waals surface area contributed by atoms with E-state index in [1.807, 2.05) is 0 Å². The molecule has 0 aliphatic carbocycles. The van der Waals surface area contributed by atoms with Crippen LogP contribution < -0.4 is 0 Å². The molecule has 0 aromatic carbocycles. The summed E-state index contributed by atoms with van der Waals surface area (Å²) in [7, 11) is 0. The fourth-order valence-corrected chi connectivity index (χ4v) is 0.389. The Kier molecular flexibility index (Phi) is 4.14. The van der Waals surface area contributed by atoms with Crippen LogP contribution in [-0.2, 0) is 0 Å². The fraction of sp³-hybridized carbons (Fsp3) is 0. The first-order valence-corrected chi connectivity index (χ1v) is 2.62. The van der Waals surface area contributed by atoms with E-state index in [9.17, 15) is 0 Å². The van der Waals surface area contributed by atoms with Crippen molar-refractivity contribution in [2.75, 3.05) is 0 Å². The van der Waals surface area contributed by atoms with Gasteiger partial charge in [-0.25, -0.2) is 4.98 Å². The summed E-state index contributed by atoms with van der Waals surface area (Å²) < 4.78 is 0. The van der Waals surface area contributed by atoms with Crippen LogP contribution in [0.15, 0.2) is 19.0 Å². The minimum Gasteiger partial charge on any atom is -0.345 e. The van der Waals surface area contributed by atoms with E-state index >= 15 is 0 Å². The van der Waals surface area contributed by atoms with Gasteiger partial charge in [-0.15, -0.1) is 10.1 Å². The predicted octanol–water partition coefficient (Wildman–Crippen LogP) is 0.705. The number of nitrogens with zero attached hydrogens (tertiary/aromatic N) is 2. The van der Waals surface area contributed by atoms with Crippen molar-refractivity contribution in [1.82, 2.24) is 9.97 Å². The van der Waals surface area contributed by atoms with Gasteiger partial charge in [0, 0.05) is 12.4 Å². The molecule has 1 aromatic rings. The largest absolute Gasteiger partial charge is 0.345 e. The molecule has 0 bridgehead atoms. The van der Waals surface area contributed by atoms with Crippen molar-refractivity contribution in [3.8, 4) is 0 Å². The zero-order chi connectivity index (χ0) is 8.69. The Bertz CT molecular complexity index is 215. The van der Waals surface area contributed by atoms with E-state index in [1.54, 1.807) is 18.5 Å². The Morgan fingerprint density at radius 2 is 2.45 bits per heavy atom. The minimum absolute atomic E-state index is 0.819. The third kappa shape index (κ3) is 6.03. The number of aromatic nitrogens is 2. The number of nitrogens with one attached hydrogen (secondary N) is 1. The van der Waals surface area contributed by atoms with Gasteiger partial charge < -0.3 is 10.2 Å². The molecule has 1 rings (SSSR count). The van der Waals surface area contributed by atoms with Crippen molar-refractivity contribution in [3.05, 3.63) is 34.9 Å². The summed E-state index contributed by atoms with van der Waals surface area (Å²) in [5, 5.41) is 13.6. The van der Waals surface area contributed by atoms with Crippen molar-refractivity contribution < 1.29 is 10.3 Å². The number of hydrogen-bond acceptors (Lipinski definition) is 3. The van der Waals surface area contributed by atoms with Crippen LogP contribution in [-0.4, -0.2) is 20.3 Å². The lowest BCUT2D eigenvalue weighted by Gasteiger charge is -1.73. The lowest BCUT2D eigenvalue weighted by atomic mass is 10.6. The molecule has 6 heteroatoms. The van der Waals surface area contributed by atoms with Crippen molar-refractivity contribution >= 4 is 6.08 Å². The molecule has 1 aromatic heterocycles. The highest BCUT2D eigenvalue weighted by Gasteiger charge is 1.78. The molecule has 0 radical (unpaired) electrons. The van der Waals surface area contributed by atoms with Gasteiger partial charge in [0.2, 0.25) is 0 Å². The lowest BCUT2D eigenvalue weighted by Crippen LogP contribution is -1.81. The Balaban J connectivity index is 0.000000218. The Morgan fingerprint density at radius 1 is 1.91 bits per heavy atom. The summed E-state index contributed by atoms with van der Waals surface area (Å²) >= 11 is 0. The van der Waals surface area contributed by atoms with E-state index in [2.05, 4.69) is 16.5 Å². The maximum absolute atomic E-state index is 8.36. The molecule has 11 heavy (non-hydrogen) atoms. The Morgan fingerprint density at radius 3 is 2.64 bits per heavy atom. The molecule has 0 fully saturated rings. The standard InChI is InChI=1S/C5H6N2.HNO3/c1-2-5-6-3-4-7-5;2-1(3)4/h2-4H,1H2,(H,6,7);(H,2,3,4). The zero-order valence-corrected chi connectivity index (χ0v) is 5.60. The van der Waals surface area contributed by atoms with Gasteiger partial charge in [-0.1, -0.05) is 6.58 Å². The molecule has 6 nitrogen and oxygen atoms in total. The van der Waals surface area contributed by atoms with Crippen LogP contribution in [0.3, 0.4) is 0 Å². The van der Waals surface area contributed by atoms with Gasteiger partial charge in [0.05, 0.1) is 0 Å². The molecule has 60 valence electrons. The highest BCUT2D eigenvalue weighted by atomic mass is 16.9. The molecular formula is C5H7N3O3. The highest BCUT2D eigenvalue weighted by molar-refractivity contribution is 5.34. The number of imidazole rings is 1. The second kappa shape index (κ2) is 4.98. The first-order valence-electron chi connectivity index (χ1n) is 2.62. The third-order valence-electron chi connectivity index (χ3n) is 0.713. The van der Waals surface area contributed by atoms with E-state index in [0.717, 1.165) is 5.82 Å². The maximum Gasteiger partial charge on any atom is 0.291 e. The van der Waals surface area contributed by atoms with Crippen molar-refractivity contribution in [3.63, 3.8) is 0 Å². The molecule has 0 atom stereocenters. The van der Waals surface area contributed by atoms with Crippen LogP contribution >= 0.6 is 0 Å². The molecule has 0 aliphatic rings. The van der Waals surface area contributed by atoms with Gasteiger partial charge in [0.25, 0.3) is 5.09 Å². The second-order valence-corrected chi connectivity index (χ2v) is 1.42. The molecule has 0 spiro atoms. The lowest BCUT2D eigenvalue weighted by molar-refractivity contribution is -0.742. The van der Waals surface area contributed by atoms with Gasteiger partial charge >= 0.3 is 0 Å². The second-order valence-electron chi connectivity index (χ2n) is 1.42. The van der Waals surface area contributed by atoms with Crippen LogP contribution in [0.5, 0.6) is 0 Å². The molecule has 0 saturated heterocycles. The molecule has 0 amide bonds. The quantitative estimate of drug-likeness (QED) is 0.463. The molecule has 0 saturated carbocycles. The average Bonchev–Trinajstić information content (AvgIpc) is 2.36. The zero-order valence-electron chi connectivity index (χ0n) is 5.60. The van der Waals surface area contributed by atoms with Crippen molar-refractivity contribution in [1.29, 1.82) is 0 Å². The van der Waals surface area contributed by atoms with Crippen molar-refractivity contribution in [2.24, 2.45) is 0 Å². The SMILES string of the molecule is C=Cc1ncc[nH]1.O=[N+]([O-])O. The smallest absolute Gasteiger partial charge is 0.291 e. The summed E-state index contributed by atoms with van der Waals surface area (Å²) in [4.78, 5) is 15.1. The van der Waals surface area contributed by atoms with E-state index < -0.39 is 5.09 Å². The van der Waals surface area contributed by atoms with Crippen LogP contribution in [0.1, 0.15) is 5.82 Å². The van der Waals surface area contributed by atoms with E-state index in [-0.39, 0.29) is 0 Å². The number of aromatic amines is 1. The van der Waals surface area contributed by atoms with Crippen LogP contribution in [0.4, 0.5) is 0 Å². The van der Waals surface area contributed by atoms with Gasteiger partial charge in [-0.05, 0) is 6.08 Å². The van der Waals surface area contributed by atoms with Crippen LogP contribution in [0.2, 0.25) is 0 Å². The summed E-state index contributed by atoms with van der Waals surface area (Å²) in [5.41, 5.74) is 0. The van der Waals surface area contributed by atoms with Crippen LogP contribution in [0.25, 0.3) is 6.08 Å². The molecule has 2 N–H and O–H groups in total. The molecule has 0 unspecified atom stereocenters. The van der Waals surface area contributed by atoms with E-state index in [4.69, 9.17) is 15.3 Å². The maximum atomic E-state index is 8.36. The first-order chi connectivity index (χ1) is 5.16.